The van der Waals surface area contributed by atoms with Gasteiger partial charge in [0.2, 0.25) is 5.91 Å². The Morgan fingerprint density at radius 2 is 2.14 bits per heavy atom. The molecule has 1 aromatic rings. The molecule has 1 saturated carbocycles. The van der Waals surface area contributed by atoms with Gasteiger partial charge in [-0.1, -0.05) is 39.0 Å². The van der Waals surface area contributed by atoms with E-state index in [4.69, 9.17) is 8.60 Å². The average Bonchev–Trinajstić information content (AvgIpc) is 3.44. The van der Waals surface area contributed by atoms with Crippen LogP contribution in [0.3, 0.4) is 0 Å². The highest BCUT2D eigenvalue weighted by molar-refractivity contribution is 7.96. The predicted octanol–water partition coefficient (Wildman–Crippen LogP) is 3.16. The molecule has 1 aliphatic heterocycles. The lowest BCUT2D eigenvalue weighted by Gasteiger charge is -2.31. The first-order valence-corrected chi connectivity index (χ1v) is 10.8. The first-order valence-electron chi connectivity index (χ1n) is 10.0. The molecule has 2 amide bonds. The monoisotopic (exact) mass is 408 g/mol. The van der Waals surface area contributed by atoms with Crippen LogP contribution >= 0.6 is 12.0 Å². The first-order chi connectivity index (χ1) is 13.6. The van der Waals surface area contributed by atoms with Crippen LogP contribution in [-0.2, 0) is 13.8 Å². The van der Waals surface area contributed by atoms with E-state index in [0.717, 1.165) is 50.6 Å². The molecular formula is C20H28N2O5S. The lowest BCUT2D eigenvalue weighted by Crippen LogP contribution is -2.53. The van der Waals surface area contributed by atoms with Gasteiger partial charge in [0, 0.05) is 18.6 Å². The molecule has 2 heterocycles. The molecule has 0 bridgehead atoms. The molecule has 8 heteroatoms. The number of hydrogen-bond acceptors (Lipinski definition) is 6. The summed E-state index contributed by atoms with van der Waals surface area (Å²) in [5.41, 5.74) is 0.388. The van der Waals surface area contributed by atoms with Gasteiger partial charge in [-0.25, -0.2) is 0 Å². The molecule has 154 valence electrons. The SMILES string of the molecule is CCCCN(C(=O)[C@H](CC1CCCC1)NC(=O)c1ccoc1)[C@@H]1SOCC1=O. The minimum atomic E-state index is -0.656. The normalized spacial score (nSPS) is 21.0. The third-order valence-corrected chi connectivity index (χ3v) is 6.34. The second-order valence-corrected chi connectivity index (χ2v) is 8.36. The van der Waals surface area contributed by atoms with Gasteiger partial charge in [0.05, 0.1) is 11.8 Å². The van der Waals surface area contributed by atoms with Crippen molar-refractivity contribution >= 4 is 29.6 Å². The summed E-state index contributed by atoms with van der Waals surface area (Å²) in [6.07, 6.45) is 9.55. The van der Waals surface area contributed by atoms with Crippen LogP contribution in [-0.4, -0.2) is 47.1 Å². The number of Topliss-reactive ketones (excluding diaryl/α,β-unsaturated/α-hetero) is 1. The van der Waals surface area contributed by atoms with Gasteiger partial charge in [-0.3, -0.25) is 14.4 Å². The molecule has 0 aromatic carbocycles. The molecule has 3 rings (SSSR count). The van der Waals surface area contributed by atoms with E-state index in [1.807, 2.05) is 6.92 Å². The van der Waals surface area contributed by atoms with Crippen LogP contribution in [0, 0.1) is 5.92 Å². The number of nitrogens with one attached hydrogen (secondary N) is 1. The summed E-state index contributed by atoms with van der Waals surface area (Å²) in [6.45, 7) is 2.53. The zero-order valence-corrected chi connectivity index (χ0v) is 17.0. The number of unbranched alkanes of at least 4 members (excludes halogenated alkanes) is 1. The lowest BCUT2D eigenvalue weighted by molar-refractivity contribution is -0.138. The zero-order chi connectivity index (χ0) is 19.9. The Bertz CT molecular complexity index is 672. The molecule has 2 atom stereocenters. The summed E-state index contributed by atoms with van der Waals surface area (Å²) in [4.78, 5) is 39.8. The molecule has 1 saturated heterocycles. The van der Waals surface area contributed by atoms with Gasteiger partial charge in [0.1, 0.15) is 18.9 Å². The van der Waals surface area contributed by atoms with E-state index in [2.05, 4.69) is 5.32 Å². The van der Waals surface area contributed by atoms with Crippen molar-refractivity contribution < 1.29 is 23.0 Å². The minimum Gasteiger partial charge on any atom is -0.472 e. The van der Waals surface area contributed by atoms with Crippen molar-refractivity contribution in [2.75, 3.05) is 13.2 Å². The number of nitrogens with zero attached hydrogens (tertiary/aromatic N) is 1. The largest absolute Gasteiger partial charge is 0.472 e. The van der Waals surface area contributed by atoms with E-state index in [1.165, 1.54) is 12.5 Å². The maximum atomic E-state index is 13.4. The second kappa shape index (κ2) is 10.1. The van der Waals surface area contributed by atoms with Gasteiger partial charge < -0.3 is 18.8 Å². The molecular weight excluding hydrogens is 380 g/mol. The van der Waals surface area contributed by atoms with Crippen LogP contribution in [0.15, 0.2) is 23.0 Å². The average molecular weight is 409 g/mol. The van der Waals surface area contributed by atoms with Crippen molar-refractivity contribution in [3.8, 4) is 0 Å². The van der Waals surface area contributed by atoms with Crippen molar-refractivity contribution in [3.05, 3.63) is 24.2 Å². The minimum absolute atomic E-state index is 0.0138. The second-order valence-electron chi connectivity index (χ2n) is 7.49. The quantitative estimate of drug-likeness (QED) is 0.632. The molecule has 2 aliphatic rings. The van der Waals surface area contributed by atoms with E-state index in [-0.39, 0.29) is 24.2 Å². The Kier molecular flexibility index (Phi) is 7.56. The smallest absolute Gasteiger partial charge is 0.255 e. The summed E-state index contributed by atoms with van der Waals surface area (Å²) >= 11 is 1.04. The standard InChI is InChI=1S/C20H28N2O5S/c1-2-3-9-22(20-17(23)13-27-28-20)19(25)16(11-14-6-4-5-7-14)21-18(24)15-8-10-26-12-15/h8,10,12,14,16,20H,2-7,9,11,13H2,1H3,(H,21,24)/t16-,20+/m0/s1. The fourth-order valence-corrected chi connectivity index (χ4v) is 4.62. The third kappa shape index (κ3) is 5.17. The van der Waals surface area contributed by atoms with Crippen molar-refractivity contribution in [1.82, 2.24) is 10.2 Å². The van der Waals surface area contributed by atoms with E-state index < -0.39 is 11.4 Å². The highest BCUT2D eigenvalue weighted by Gasteiger charge is 2.39. The van der Waals surface area contributed by atoms with Crippen LogP contribution in [0.5, 0.6) is 0 Å². The predicted molar refractivity (Wildman–Crippen MR) is 105 cm³/mol. The van der Waals surface area contributed by atoms with Crippen LogP contribution in [0.25, 0.3) is 0 Å². The fourth-order valence-electron chi connectivity index (χ4n) is 3.82. The number of furan rings is 1. The topological polar surface area (TPSA) is 88.8 Å². The van der Waals surface area contributed by atoms with Gasteiger partial charge in [0.15, 0.2) is 11.2 Å². The molecule has 0 spiro atoms. The van der Waals surface area contributed by atoms with Crippen LogP contribution < -0.4 is 5.32 Å². The molecule has 28 heavy (non-hydrogen) atoms. The van der Waals surface area contributed by atoms with E-state index in [0.29, 0.717) is 24.4 Å². The number of rotatable bonds is 9. The van der Waals surface area contributed by atoms with Gasteiger partial charge in [-0.15, -0.1) is 0 Å². The Morgan fingerprint density at radius 3 is 2.75 bits per heavy atom. The maximum Gasteiger partial charge on any atom is 0.255 e. The van der Waals surface area contributed by atoms with Crippen molar-refractivity contribution in [2.24, 2.45) is 5.92 Å². The summed E-state index contributed by atoms with van der Waals surface area (Å²) < 4.78 is 10.2. The first kappa shape index (κ1) is 20.9. The molecule has 7 nitrogen and oxygen atoms in total. The Morgan fingerprint density at radius 1 is 1.36 bits per heavy atom. The van der Waals surface area contributed by atoms with Crippen LogP contribution in [0.2, 0.25) is 0 Å². The fraction of sp³-hybridized carbons (Fsp3) is 0.650. The number of carbonyl (C=O) groups is 3. The highest BCUT2D eigenvalue weighted by Crippen LogP contribution is 2.31. The van der Waals surface area contributed by atoms with Crippen LogP contribution in [0.4, 0.5) is 0 Å². The summed E-state index contributed by atoms with van der Waals surface area (Å²) in [5.74, 6) is -0.222. The molecule has 1 aliphatic carbocycles. The number of ketones is 1. The number of carbonyl (C=O) groups excluding carboxylic acids is 3. The molecule has 1 aromatic heterocycles. The Hall–Kier alpha value is -1.80. The van der Waals surface area contributed by atoms with Crippen molar-refractivity contribution in [1.29, 1.82) is 0 Å². The molecule has 0 unspecified atom stereocenters. The van der Waals surface area contributed by atoms with Gasteiger partial charge >= 0.3 is 0 Å². The molecule has 0 radical (unpaired) electrons. The summed E-state index contributed by atoms with van der Waals surface area (Å²) in [5, 5.41) is 2.26. The molecule has 2 fully saturated rings. The zero-order valence-electron chi connectivity index (χ0n) is 16.2. The highest BCUT2D eigenvalue weighted by atomic mass is 32.2. The number of hydrogen-bond donors (Lipinski definition) is 1. The van der Waals surface area contributed by atoms with Gasteiger partial charge in [0.25, 0.3) is 5.91 Å². The summed E-state index contributed by atoms with van der Waals surface area (Å²) in [7, 11) is 0. The van der Waals surface area contributed by atoms with Crippen molar-refractivity contribution in [3.63, 3.8) is 0 Å². The third-order valence-electron chi connectivity index (χ3n) is 5.39. The van der Waals surface area contributed by atoms with Gasteiger partial charge in [-0.05, 0) is 24.8 Å². The Balaban J connectivity index is 1.77. The van der Waals surface area contributed by atoms with Crippen LogP contribution in [0.1, 0.15) is 62.2 Å². The lowest BCUT2D eigenvalue weighted by atomic mass is 9.97. The van der Waals surface area contributed by atoms with E-state index in [1.54, 1.807) is 11.0 Å². The molecule has 1 N–H and O–H groups in total. The van der Waals surface area contributed by atoms with Crippen molar-refractivity contribution in [2.45, 2.75) is 63.3 Å². The number of amides is 2. The Labute approximate surface area is 169 Å². The van der Waals surface area contributed by atoms with Gasteiger partial charge in [-0.2, -0.15) is 0 Å². The van der Waals surface area contributed by atoms with E-state index in [9.17, 15) is 14.4 Å². The maximum absolute atomic E-state index is 13.4. The van der Waals surface area contributed by atoms with E-state index >= 15 is 0 Å². The summed E-state index contributed by atoms with van der Waals surface area (Å²) in [6, 6.07) is 0.919.